The number of ether oxygens (including phenoxy) is 4. The third-order valence-corrected chi connectivity index (χ3v) is 4.17. The number of methoxy groups -OCH3 is 1. The van der Waals surface area contributed by atoms with Crippen molar-refractivity contribution < 1.29 is 54.7 Å². The van der Waals surface area contributed by atoms with Crippen molar-refractivity contribution in [2.45, 2.75) is 61.4 Å². The number of hydrogen-bond acceptors (Lipinski definition) is 11. The summed E-state index contributed by atoms with van der Waals surface area (Å²) in [5, 5.41) is 67.8. The number of rotatable bonds is 6. The molecular weight excluding hydrogens is 332 g/mol. The van der Waals surface area contributed by atoms with Crippen LogP contribution in [0.3, 0.4) is 0 Å². The molecule has 7 N–H and O–H groups in total. The Morgan fingerprint density at radius 1 is 0.917 bits per heavy atom. The maximum absolute atomic E-state index is 10.1. The minimum atomic E-state index is -1.59. The molecule has 2 saturated heterocycles. The molecule has 2 heterocycles. The lowest BCUT2D eigenvalue weighted by Gasteiger charge is -2.42. The average Bonchev–Trinajstić information content (AvgIpc) is 2.86. The summed E-state index contributed by atoms with van der Waals surface area (Å²) in [5.41, 5.74) is 0. The third-order valence-electron chi connectivity index (χ3n) is 4.17. The standard InChI is InChI=1S/C13H24O11/c1-21-12-9(20)11(6(17)5(3-15)22-12)24-13-8(19)7(18)10(23-13)4(16)2-14/h4-20H,2-3H2,1H3/t4-,5-,6+,7-,8-,9-,10+,11+,12-,13+/m1/s1. The Hall–Kier alpha value is -0.440. The first kappa shape index (κ1) is 19.9. The van der Waals surface area contributed by atoms with Gasteiger partial charge < -0.3 is 54.7 Å². The van der Waals surface area contributed by atoms with Gasteiger partial charge in [-0.25, -0.2) is 0 Å². The van der Waals surface area contributed by atoms with Crippen LogP contribution in [0.4, 0.5) is 0 Å². The molecule has 0 unspecified atom stereocenters. The third kappa shape index (κ3) is 3.71. The molecule has 11 nitrogen and oxygen atoms in total. The van der Waals surface area contributed by atoms with Gasteiger partial charge in [0.15, 0.2) is 12.6 Å². The van der Waals surface area contributed by atoms with E-state index >= 15 is 0 Å². The minimum Gasteiger partial charge on any atom is -0.394 e. The molecule has 24 heavy (non-hydrogen) atoms. The molecule has 2 aliphatic rings. The van der Waals surface area contributed by atoms with E-state index < -0.39 is 74.6 Å². The van der Waals surface area contributed by atoms with Crippen LogP contribution < -0.4 is 0 Å². The van der Waals surface area contributed by atoms with Crippen molar-refractivity contribution in [3.63, 3.8) is 0 Å². The second kappa shape index (κ2) is 8.29. The fourth-order valence-electron chi connectivity index (χ4n) is 2.77. The second-order valence-corrected chi connectivity index (χ2v) is 5.74. The zero-order valence-electron chi connectivity index (χ0n) is 13.0. The van der Waals surface area contributed by atoms with Crippen molar-refractivity contribution >= 4 is 0 Å². The monoisotopic (exact) mass is 356 g/mol. The van der Waals surface area contributed by atoms with Crippen molar-refractivity contribution in [1.82, 2.24) is 0 Å². The summed E-state index contributed by atoms with van der Waals surface area (Å²) in [5.74, 6) is 0. The first-order valence-electron chi connectivity index (χ1n) is 7.46. The van der Waals surface area contributed by atoms with E-state index in [0.717, 1.165) is 0 Å². The molecule has 10 atom stereocenters. The van der Waals surface area contributed by atoms with Crippen molar-refractivity contribution in [1.29, 1.82) is 0 Å². The molecular formula is C13H24O11. The first-order valence-corrected chi connectivity index (χ1v) is 7.46. The van der Waals surface area contributed by atoms with E-state index in [9.17, 15) is 30.6 Å². The van der Waals surface area contributed by atoms with E-state index in [-0.39, 0.29) is 0 Å². The van der Waals surface area contributed by atoms with E-state index in [2.05, 4.69) is 0 Å². The molecule has 0 aromatic heterocycles. The summed E-state index contributed by atoms with van der Waals surface area (Å²) in [7, 11) is 1.25. The van der Waals surface area contributed by atoms with Gasteiger partial charge in [0.05, 0.1) is 13.2 Å². The summed E-state index contributed by atoms with van der Waals surface area (Å²) in [6.07, 6.45) is -14.0. The van der Waals surface area contributed by atoms with Gasteiger partial charge in [0.2, 0.25) is 0 Å². The van der Waals surface area contributed by atoms with Crippen LogP contribution in [-0.4, -0.2) is 117 Å². The maximum Gasteiger partial charge on any atom is 0.187 e. The highest BCUT2D eigenvalue weighted by molar-refractivity contribution is 4.94. The van der Waals surface area contributed by atoms with Crippen LogP contribution in [0.1, 0.15) is 0 Å². The SMILES string of the molecule is CO[C@@H]1O[C@H](CO)[C@H](O)[C@H](O[C@@H]2O[C@@H]([C@H](O)CO)[C@H](O)[C@H]2O)[C@H]1O. The molecule has 0 amide bonds. The predicted octanol–water partition coefficient (Wildman–Crippen LogP) is -4.74. The molecule has 2 aliphatic heterocycles. The van der Waals surface area contributed by atoms with Gasteiger partial charge in [-0.3, -0.25) is 0 Å². The van der Waals surface area contributed by atoms with Gasteiger partial charge in [-0.1, -0.05) is 0 Å². The largest absolute Gasteiger partial charge is 0.394 e. The molecule has 142 valence electrons. The van der Waals surface area contributed by atoms with Gasteiger partial charge in [0, 0.05) is 7.11 Å². The van der Waals surface area contributed by atoms with Crippen molar-refractivity contribution in [2.24, 2.45) is 0 Å². The molecule has 2 rings (SSSR count). The molecule has 0 saturated carbocycles. The normalized spacial score (nSPS) is 47.8. The lowest BCUT2D eigenvalue weighted by atomic mass is 9.99. The Morgan fingerprint density at radius 2 is 1.58 bits per heavy atom. The Labute approximate surface area is 137 Å². The maximum atomic E-state index is 10.1. The van der Waals surface area contributed by atoms with E-state index in [1.54, 1.807) is 0 Å². The molecule has 11 heteroatoms. The van der Waals surface area contributed by atoms with E-state index in [0.29, 0.717) is 0 Å². The van der Waals surface area contributed by atoms with Gasteiger partial charge in [-0.2, -0.15) is 0 Å². The zero-order chi connectivity index (χ0) is 18.0. The fraction of sp³-hybridized carbons (Fsp3) is 1.00. The smallest absolute Gasteiger partial charge is 0.187 e. The Kier molecular flexibility index (Phi) is 6.87. The molecule has 0 radical (unpaired) electrons. The van der Waals surface area contributed by atoms with Crippen LogP contribution in [0.25, 0.3) is 0 Å². The topological polar surface area (TPSA) is 179 Å². The van der Waals surface area contributed by atoms with E-state index in [1.165, 1.54) is 7.11 Å². The van der Waals surface area contributed by atoms with E-state index in [1.807, 2.05) is 0 Å². The minimum absolute atomic E-state index is 0.573. The quantitative estimate of drug-likeness (QED) is 0.243. The lowest BCUT2D eigenvalue weighted by Crippen LogP contribution is -2.61. The van der Waals surface area contributed by atoms with E-state index in [4.69, 9.17) is 24.1 Å². The second-order valence-electron chi connectivity index (χ2n) is 5.74. The van der Waals surface area contributed by atoms with Crippen molar-refractivity contribution in [3.8, 4) is 0 Å². The summed E-state index contributed by atoms with van der Waals surface area (Å²) < 4.78 is 20.6. The Bertz CT molecular complexity index is 380. The molecule has 0 aliphatic carbocycles. The van der Waals surface area contributed by atoms with Crippen molar-refractivity contribution in [3.05, 3.63) is 0 Å². The Morgan fingerprint density at radius 3 is 2.12 bits per heavy atom. The zero-order valence-corrected chi connectivity index (χ0v) is 13.0. The summed E-state index contributed by atoms with van der Waals surface area (Å²) >= 11 is 0. The van der Waals surface area contributed by atoms with Crippen molar-refractivity contribution in [2.75, 3.05) is 20.3 Å². The highest BCUT2D eigenvalue weighted by Crippen LogP contribution is 2.30. The average molecular weight is 356 g/mol. The van der Waals surface area contributed by atoms with Gasteiger partial charge in [0.25, 0.3) is 0 Å². The van der Waals surface area contributed by atoms with Gasteiger partial charge in [-0.15, -0.1) is 0 Å². The summed E-state index contributed by atoms with van der Waals surface area (Å²) in [6, 6.07) is 0. The fourth-order valence-corrected chi connectivity index (χ4v) is 2.77. The van der Waals surface area contributed by atoms with Gasteiger partial charge in [-0.05, 0) is 0 Å². The molecule has 0 aromatic carbocycles. The number of hydrogen-bond donors (Lipinski definition) is 7. The predicted molar refractivity (Wildman–Crippen MR) is 73.4 cm³/mol. The van der Waals surface area contributed by atoms with Gasteiger partial charge in [0.1, 0.15) is 48.8 Å². The van der Waals surface area contributed by atoms with Crippen LogP contribution in [0.15, 0.2) is 0 Å². The Balaban J connectivity index is 2.10. The van der Waals surface area contributed by atoms with Crippen LogP contribution >= 0.6 is 0 Å². The molecule has 0 aromatic rings. The first-order chi connectivity index (χ1) is 11.3. The highest BCUT2D eigenvalue weighted by atomic mass is 16.7. The lowest BCUT2D eigenvalue weighted by molar-refractivity contribution is -0.327. The highest BCUT2D eigenvalue weighted by Gasteiger charge is 2.51. The molecule has 2 fully saturated rings. The summed E-state index contributed by atoms with van der Waals surface area (Å²) in [6.45, 7) is -1.28. The molecule has 0 spiro atoms. The number of aliphatic hydroxyl groups excluding tert-OH is 7. The van der Waals surface area contributed by atoms with Crippen LogP contribution in [0, 0.1) is 0 Å². The van der Waals surface area contributed by atoms with Gasteiger partial charge >= 0.3 is 0 Å². The summed E-state index contributed by atoms with van der Waals surface area (Å²) in [4.78, 5) is 0. The van der Waals surface area contributed by atoms with Crippen LogP contribution in [-0.2, 0) is 18.9 Å². The molecule has 0 bridgehead atoms. The van der Waals surface area contributed by atoms with Crippen LogP contribution in [0.2, 0.25) is 0 Å². The van der Waals surface area contributed by atoms with Crippen LogP contribution in [0.5, 0.6) is 0 Å². The number of aliphatic hydroxyl groups is 7.